The van der Waals surface area contributed by atoms with E-state index in [0.717, 1.165) is 42.4 Å². The van der Waals surface area contributed by atoms with Crippen molar-refractivity contribution in [1.82, 2.24) is 0 Å². The minimum absolute atomic E-state index is 0.0607. The van der Waals surface area contributed by atoms with E-state index >= 15 is 0 Å². The summed E-state index contributed by atoms with van der Waals surface area (Å²) in [7, 11) is 0. The number of Topliss-reactive ketones (excluding diaryl/α,β-unsaturated/α-hetero) is 1. The minimum Gasteiger partial charge on any atom is -0.297 e. The Morgan fingerprint density at radius 3 is 2.50 bits per heavy atom. The second-order valence-electron chi connectivity index (χ2n) is 6.13. The number of carbonyl (C=O) groups excluding carboxylic acids is 2. The van der Waals surface area contributed by atoms with Gasteiger partial charge in [0.25, 0.3) is 0 Å². The van der Waals surface area contributed by atoms with Crippen molar-refractivity contribution in [3.05, 3.63) is 34.9 Å². The van der Waals surface area contributed by atoms with Gasteiger partial charge in [-0.2, -0.15) is 0 Å². The van der Waals surface area contributed by atoms with Crippen LogP contribution in [-0.4, -0.2) is 15.6 Å². The van der Waals surface area contributed by atoms with Crippen molar-refractivity contribution in [2.45, 2.75) is 56.6 Å². The van der Waals surface area contributed by atoms with Crippen LogP contribution in [0, 0.1) is 13.8 Å². The highest BCUT2D eigenvalue weighted by atomic mass is 32.2. The lowest BCUT2D eigenvalue weighted by Crippen LogP contribution is -2.35. The number of aryl methyl sites for hydroxylation is 2. The van der Waals surface area contributed by atoms with Gasteiger partial charge in [0, 0.05) is 0 Å². The van der Waals surface area contributed by atoms with Crippen molar-refractivity contribution >= 4 is 22.7 Å². The maximum atomic E-state index is 12.9. The average molecular weight is 288 g/mol. The zero-order chi connectivity index (χ0) is 14.3. The van der Waals surface area contributed by atoms with Gasteiger partial charge in [-0.1, -0.05) is 54.8 Å². The lowest BCUT2D eigenvalue weighted by atomic mass is 9.78. The van der Waals surface area contributed by atoms with Crippen LogP contribution >= 0.6 is 11.8 Å². The van der Waals surface area contributed by atoms with Crippen molar-refractivity contribution in [2.75, 3.05) is 0 Å². The third-order valence-electron chi connectivity index (χ3n) is 4.65. The fraction of sp³-hybridized carbons (Fsp3) is 0.529. The molecule has 0 bridgehead atoms. The molecule has 1 saturated carbocycles. The molecule has 3 rings (SSSR count). The number of hydrogen-bond acceptors (Lipinski definition) is 3. The SMILES string of the molecule is Cc1ccc(C)c(C2C(=O)SC3(CCCCC3)C2=O)c1. The van der Waals surface area contributed by atoms with Crippen molar-refractivity contribution < 1.29 is 9.59 Å². The molecule has 1 aromatic carbocycles. The predicted molar refractivity (Wildman–Crippen MR) is 82.1 cm³/mol. The molecular weight excluding hydrogens is 268 g/mol. The Kier molecular flexibility index (Phi) is 3.49. The molecule has 0 radical (unpaired) electrons. The van der Waals surface area contributed by atoms with Gasteiger partial charge in [-0.25, -0.2) is 0 Å². The van der Waals surface area contributed by atoms with Crippen LogP contribution in [0.15, 0.2) is 18.2 Å². The van der Waals surface area contributed by atoms with Gasteiger partial charge in [-0.05, 0) is 37.8 Å². The molecule has 1 heterocycles. The molecule has 2 fully saturated rings. The van der Waals surface area contributed by atoms with Gasteiger partial charge in [0.1, 0.15) is 5.92 Å². The van der Waals surface area contributed by atoms with Gasteiger partial charge >= 0.3 is 0 Å². The Labute approximate surface area is 124 Å². The van der Waals surface area contributed by atoms with Crippen LogP contribution < -0.4 is 0 Å². The smallest absolute Gasteiger partial charge is 0.204 e. The van der Waals surface area contributed by atoms with Crippen molar-refractivity contribution in [3.63, 3.8) is 0 Å². The fourth-order valence-electron chi connectivity index (χ4n) is 3.48. The molecule has 1 aliphatic heterocycles. The van der Waals surface area contributed by atoms with E-state index in [-0.39, 0.29) is 10.9 Å². The highest BCUT2D eigenvalue weighted by Crippen LogP contribution is 2.52. The second kappa shape index (κ2) is 5.03. The number of ketones is 1. The molecule has 1 aromatic rings. The first-order valence-corrected chi connectivity index (χ1v) is 8.19. The third-order valence-corrected chi connectivity index (χ3v) is 6.09. The van der Waals surface area contributed by atoms with Gasteiger partial charge in [-0.3, -0.25) is 9.59 Å². The summed E-state index contributed by atoms with van der Waals surface area (Å²) < 4.78 is -0.407. The van der Waals surface area contributed by atoms with E-state index in [4.69, 9.17) is 0 Å². The van der Waals surface area contributed by atoms with Crippen molar-refractivity contribution in [2.24, 2.45) is 0 Å². The van der Waals surface area contributed by atoms with Crippen LogP contribution in [0.5, 0.6) is 0 Å². The first-order valence-electron chi connectivity index (χ1n) is 7.38. The number of benzene rings is 1. The summed E-state index contributed by atoms with van der Waals surface area (Å²) in [5.41, 5.74) is 3.09. The zero-order valence-corrected chi connectivity index (χ0v) is 12.9. The van der Waals surface area contributed by atoms with E-state index in [2.05, 4.69) is 0 Å². The van der Waals surface area contributed by atoms with E-state index in [1.54, 1.807) is 0 Å². The number of carbonyl (C=O) groups is 2. The molecule has 106 valence electrons. The largest absolute Gasteiger partial charge is 0.297 e. The maximum absolute atomic E-state index is 12.9. The molecule has 1 aliphatic carbocycles. The summed E-state index contributed by atoms with van der Waals surface area (Å²) in [5.74, 6) is -0.362. The molecule has 1 unspecified atom stereocenters. The Hall–Kier alpha value is -1.09. The third kappa shape index (κ3) is 2.12. The summed E-state index contributed by atoms with van der Waals surface area (Å²) in [5, 5.41) is 0.0607. The second-order valence-corrected chi connectivity index (χ2v) is 7.52. The van der Waals surface area contributed by atoms with Crippen LogP contribution in [0.1, 0.15) is 54.7 Å². The molecule has 0 N–H and O–H groups in total. The molecule has 2 nitrogen and oxygen atoms in total. The van der Waals surface area contributed by atoms with E-state index in [1.807, 2.05) is 32.0 Å². The zero-order valence-electron chi connectivity index (χ0n) is 12.1. The summed E-state index contributed by atoms with van der Waals surface area (Å²) in [6, 6.07) is 6.06. The lowest BCUT2D eigenvalue weighted by molar-refractivity contribution is -0.125. The molecule has 0 amide bonds. The van der Waals surface area contributed by atoms with Gasteiger partial charge in [0.15, 0.2) is 5.78 Å². The molecule has 1 saturated heterocycles. The van der Waals surface area contributed by atoms with Crippen LogP contribution in [-0.2, 0) is 9.59 Å². The van der Waals surface area contributed by atoms with Crippen LogP contribution in [0.3, 0.4) is 0 Å². The average Bonchev–Trinajstić information content (AvgIpc) is 2.65. The molecule has 3 heteroatoms. The predicted octanol–water partition coefficient (Wildman–Crippen LogP) is 3.93. The Balaban J connectivity index is 2.00. The molecule has 1 atom stereocenters. The topological polar surface area (TPSA) is 34.1 Å². The Morgan fingerprint density at radius 1 is 1.10 bits per heavy atom. The highest BCUT2D eigenvalue weighted by Gasteiger charge is 2.54. The van der Waals surface area contributed by atoms with Crippen LogP contribution in [0.2, 0.25) is 0 Å². The standard InChI is InChI=1S/C17H20O2S/c1-11-6-7-12(2)13(10-11)14-15(18)17(20-16(14)19)8-4-3-5-9-17/h6-7,10,14H,3-5,8-9H2,1-2H3. The van der Waals surface area contributed by atoms with Gasteiger partial charge in [0.2, 0.25) is 5.12 Å². The number of rotatable bonds is 1. The molecule has 1 spiro atoms. The normalized spacial score (nSPS) is 25.4. The Bertz CT molecular complexity index is 570. The highest BCUT2D eigenvalue weighted by molar-refractivity contribution is 8.16. The van der Waals surface area contributed by atoms with Crippen molar-refractivity contribution in [1.29, 1.82) is 0 Å². The summed E-state index contributed by atoms with van der Waals surface area (Å²) in [6.07, 6.45) is 5.10. The van der Waals surface area contributed by atoms with Gasteiger partial charge < -0.3 is 0 Å². The molecule has 20 heavy (non-hydrogen) atoms. The maximum Gasteiger partial charge on any atom is 0.204 e. The van der Waals surface area contributed by atoms with Gasteiger partial charge in [0.05, 0.1) is 4.75 Å². The summed E-state index contributed by atoms with van der Waals surface area (Å²) in [6.45, 7) is 4.00. The summed E-state index contributed by atoms with van der Waals surface area (Å²) in [4.78, 5) is 25.4. The van der Waals surface area contributed by atoms with Crippen LogP contribution in [0.25, 0.3) is 0 Å². The van der Waals surface area contributed by atoms with E-state index in [0.29, 0.717) is 0 Å². The first kappa shape index (κ1) is 13.9. The summed E-state index contributed by atoms with van der Waals surface area (Å²) >= 11 is 1.33. The Morgan fingerprint density at radius 2 is 1.80 bits per heavy atom. The lowest BCUT2D eigenvalue weighted by Gasteiger charge is -2.30. The van der Waals surface area contributed by atoms with Crippen LogP contribution in [0.4, 0.5) is 0 Å². The number of thioether (sulfide) groups is 1. The van der Waals surface area contributed by atoms with E-state index < -0.39 is 10.7 Å². The molecule has 2 aliphatic rings. The number of hydrogen-bond donors (Lipinski definition) is 0. The van der Waals surface area contributed by atoms with Gasteiger partial charge in [-0.15, -0.1) is 0 Å². The quantitative estimate of drug-likeness (QED) is 0.734. The van der Waals surface area contributed by atoms with Crippen molar-refractivity contribution in [3.8, 4) is 0 Å². The minimum atomic E-state index is -0.530. The monoisotopic (exact) mass is 288 g/mol. The molecule has 0 aromatic heterocycles. The molecular formula is C17H20O2S. The van der Waals surface area contributed by atoms with E-state index in [9.17, 15) is 9.59 Å². The van der Waals surface area contributed by atoms with E-state index in [1.165, 1.54) is 18.2 Å². The fourth-order valence-corrected chi connectivity index (χ4v) is 4.93. The first-order chi connectivity index (χ1) is 9.53.